The maximum atomic E-state index is 8.44. The van der Waals surface area contributed by atoms with Crippen molar-refractivity contribution in [1.29, 1.82) is 5.26 Å². The second-order valence-corrected chi connectivity index (χ2v) is 4.41. The van der Waals surface area contributed by atoms with E-state index in [4.69, 9.17) is 9.78 Å². The normalized spacial score (nSPS) is 10.1. The van der Waals surface area contributed by atoms with Crippen LogP contribution in [0, 0.1) is 11.3 Å². The summed E-state index contributed by atoms with van der Waals surface area (Å²) < 4.78 is 5.03. The van der Waals surface area contributed by atoms with E-state index in [0.717, 1.165) is 0 Å². The number of hydrogen-bond acceptors (Lipinski definition) is 5. The van der Waals surface area contributed by atoms with Gasteiger partial charge in [-0.3, -0.25) is 0 Å². The first-order valence-corrected chi connectivity index (χ1v) is 6.23. The summed E-state index contributed by atoms with van der Waals surface area (Å²) in [6, 6.07) is 12.1. The van der Waals surface area contributed by atoms with Crippen molar-refractivity contribution < 1.29 is 4.52 Å². The maximum Gasteiger partial charge on any atom is 0.227 e. The van der Waals surface area contributed by atoms with Gasteiger partial charge < -0.3 is 4.52 Å². The van der Waals surface area contributed by atoms with E-state index >= 15 is 0 Å². The van der Waals surface area contributed by atoms with Gasteiger partial charge in [0.2, 0.25) is 5.89 Å². The summed E-state index contributed by atoms with van der Waals surface area (Å²) in [5, 5.41) is 12.3. The zero-order chi connectivity index (χ0) is 11.9. The quantitative estimate of drug-likeness (QED) is 0.758. The molecule has 0 saturated carbocycles. The number of thioether (sulfide) groups is 1. The Morgan fingerprint density at radius 3 is 2.88 bits per heavy atom. The summed E-state index contributed by atoms with van der Waals surface area (Å²) in [6.07, 6.45) is 0.937. The first-order valence-electron chi connectivity index (χ1n) is 5.25. The molecule has 1 aromatic carbocycles. The minimum atomic E-state index is 0.410. The highest BCUT2D eigenvalue weighted by atomic mass is 32.2. The molecule has 0 bridgehead atoms. The van der Waals surface area contributed by atoms with Crippen molar-refractivity contribution in [2.75, 3.05) is 0 Å². The molecule has 5 heteroatoms. The number of hydrogen-bond donors (Lipinski definition) is 0. The van der Waals surface area contributed by atoms with Gasteiger partial charge in [0.15, 0.2) is 5.82 Å². The van der Waals surface area contributed by atoms with Gasteiger partial charge in [-0.05, 0) is 12.1 Å². The lowest BCUT2D eigenvalue weighted by molar-refractivity contribution is 0.375. The van der Waals surface area contributed by atoms with E-state index in [-0.39, 0.29) is 0 Å². The molecule has 4 nitrogen and oxygen atoms in total. The lowest BCUT2D eigenvalue weighted by atomic mass is 10.3. The van der Waals surface area contributed by atoms with Crippen LogP contribution < -0.4 is 0 Å². The fraction of sp³-hybridized carbons (Fsp3) is 0.250. The molecule has 0 amide bonds. The molecule has 0 unspecified atom stereocenters. The van der Waals surface area contributed by atoms with E-state index in [2.05, 4.69) is 16.2 Å². The Kier molecular flexibility index (Phi) is 4.17. The van der Waals surface area contributed by atoms with Crippen LogP contribution in [0.3, 0.4) is 0 Å². The van der Waals surface area contributed by atoms with Crippen molar-refractivity contribution in [1.82, 2.24) is 10.1 Å². The number of benzene rings is 1. The molecule has 0 saturated heterocycles. The Bertz CT molecular complexity index is 504. The Morgan fingerprint density at radius 2 is 2.12 bits per heavy atom. The number of nitrogens with zero attached hydrogens (tertiary/aromatic N) is 3. The van der Waals surface area contributed by atoms with Gasteiger partial charge in [-0.25, -0.2) is 0 Å². The summed E-state index contributed by atoms with van der Waals surface area (Å²) in [5.74, 6) is 1.89. The van der Waals surface area contributed by atoms with Crippen LogP contribution in [0.1, 0.15) is 18.1 Å². The predicted molar refractivity (Wildman–Crippen MR) is 64.2 cm³/mol. The van der Waals surface area contributed by atoms with Crippen LogP contribution in [0.25, 0.3) is 0 Å². The zero-order valence-corrected chi connectivity index (χ0v) is 9.98. The van der Waals surface area contributed by atoms with Crippen molar-refractivity contribution in [3.8, 4) is 6.07 Å². The van der Waals surface area contributed by atoms with Gasteiger partial charge in [0, 0.05) is 17.7 Å². The molecule has 0 atom stereocenters. The second-order valence-electron chi connectivity index (χ2n) is 3.36. The van der Waals surface area contributed by atoms with E-state index in [1.54, 1.807) is 11.8 Å². The highest BCUT2D eigenvalue weighted by Crippen LogP contribution is 2.20. The Balaban J connectivity index is 1.87. The van der Waals surface area contributed by atoms with Gasteiger partial charge in [-0.2, -0.15) is 10.2 Å². The van der Waals surface area contributed by atoms with Gasteiger partial charge in [-0.15, -0.1) is 11.8 Å². The molecule has 0 aliphatic rings. The van der Waals surface area contributed by atoms with E-state index < -0.39 is 0 Å². The molecule has 0 radical (unpaired) electrons. The molecule has 0 aliphatic carbocycles. The van der Waals surface area contributed by atoms with Crippen LogP contribution in [0.5, 0.6) is 0 Å². The van der Waals surface area contributed by atoms with Crippen LogP contribution in [0.15, 0.2) is 39.8 Å². The summed E-state index contributed by atoms with van der Waals surface area (Å²) >= 11 is 1.66. The fourth-order valence-electron chi connectivity index (χ4n) is 1.28. The van der Waals surface area contributed by atoms with Crippen molar-refractivity contribution >= 4 is 11.8 Å². The Morgan fingerprint density at radius 1 is 1.29 bits per heavy atom. The van der Waals surface area contributed by atoms with Gasteiger partial charge in [0.1, 0.15) is 0 Å². The van der Waals surface area contributed by atoms with Crippen LogP contribution in [0.4, 0.5) is 0 Å². The van der Waals surface area contributed by atoms with Gasteiger partial charge in [-0.1, -0.05) is 23.4 Å². The first-order chi connectivity index (χ1) is 8.38. The van der Waals surface area contributed by atoms with Gasteiger partial charge >= 0.3 is 0 Å². The molecule has 0 aliphatic heterocycles. The number of nitriles is 1. The minimum absolute atomic E-state index is 0.410. The second kappa shape index (κ2) is 6.06. The SMILES string of the molecule is N#CCCc1nc(CSc2ccccc2)no1. The molecule has 2 aromatic rings. The Hall–Kier alpha value is -1.80. The molecule has 1 heterocycles. The average molecular weight is 245 g/mol. The first kappa shape index (κ1) is 11.7. The third-order valence-corrected chi connectivity index (χ3v) is 3.08. The Labute approximate surface area is 104 Å². The molecule has 0 fully saturated rings. The molecular weight excluding hydrogens is 234 g/mol. The molecule has 2 rings (SSSR count). The third kappa shape index (κ3) is 3.61. The average Bonchev–Trinajstić information content (AvgIpc) is 2.83. The van der Waals surface area contributed by atoms with Crippen molar-refractivity contribution in [2.45, 2.75) is 23.5 Å². The van der Waals surface area contributed by atoms with Crippen molar-refractivity contribution in [3.63, 3.8) is 0 Å². The number of aryl methyl sites for hydroxylation is 1. The number of aromatic nitrogens is 2. The van der Waals surface area contributed by atoms with E-state index in [1.807, 2.05) is 30.3 Å². The highest BCUT2D eigenvalue weighted by Gasteiger charge is 2.06. The molecule has 86 valence electrons. The fourth-order valence-corrected chi connectivity index (χ4v) is 2.04. The van der Waals surface area contributed by atoms with E-state index in [9.17, 15) is 0 Å². The monoisotopic (exact) mass is 245 g/mol. The minimum Gasteiger partial charge on any atom is -0.339 e. The zero-order valence-electron chi connectivity index (χ0n) is 9.17. The van der Waals surface area contributed by atoms with E-state index in [1.165, 1.54) is 4.90 Å². The summed E-state index contributed by atoms with van der Waals surface area (Å²) in [6.45, 7) is 0. The number of rotatable bonds is 5. The van der Waals surface area contributed by atoms with Crippen LogP contribution in [-0.2, 0) is 12.2 Å². The summed E-state index contributed by atoms with van der Waals surface area (Å²) in [4.78, 5) is 5.39. The lowest BCUT2D eigenvalue weighted by Crippen LogP contribution is -1.86. The van der Waals surface area contributed by atoms with Crippen molar-refractivity contribution in [2.24, 2.45) is 0 Å². The van der Waals surface area contributed by atoms with E-state index in [0.29, 0.717) is 30.3 Å². The summed E-state index contributed by atoms with van der Waals surface area (Å²) in [5.41, 5.74) is 0. The predicted octanol–water partition coefficient (Wildman–Crippen LogP) is 2.82. The lowest BCUT2D eigenvalue weighted by Gasteiger charge is -1.96. The molecule has 0 N–H and O–H groups in total. The van der Waals surface area contributed by atoms with Crippen LogP contribution in [0.2, 0.25) is 0 Å². The largest absolute Gasteiger partial charge is 0.339 e. The molecular formula is C12H11N3OS. The summed E-state index contributed by atoms with van der Waals surface area (Å²) in [7, 11) is 0. The third-order valence-electron chi connectivity index (χ3n) is 2.07. The van der Waals surface area contributed by atoms with Crippen LogP contribution in [-0.4, -0.2) is 10.1 Å². The maximum absolute atomic E-state index is 8.44. The van der Waals surface area contributed by atoms with Crippen molar-refractivity contribution in [3.05, 3.63) is 42.0 Å². The van der Waals surface area contributed by atoms with Gasteiger partial charge in [0.05, 0.1) is 11.8 Å². The smallest absolute Gasteiger partial charge is 0.227 e. The molecule has 0 spiro atoms. The molecule has 1 aromatic heterocycles. The van der Waals surface area contributed by atoms with Gasteiger partial charge in [0.25, 0.3) is 0 Å². The highest BCUT2D eigenvalue weighted by molar-refractivity contribution is 7.98. The topological polar surface area (TPSA) is 62.7 Å². The standard InChI is InChI=1S/C12H11N3OS/c13-8-4-7-12-14-11(15-16-12)9-17-10-5-2-1-3-6-10/h1-3,5-6H,4,7,9H2. The molecule has 17 heavy (non-hydrogen) atoms. The van der Waals surface area contributed by atoms with Crippen LogP contribution >= 0.6 is 11.8 Å².